The third-order valence-electron chi connectivity index (χ3n) is 2.43. The van der Waals surface area contributed by atoms with Crippen molar-refractivity contribution >= 4 is 29.5 Å². The lowest BCUT2D eigenvalue weighted by molar-refractivity contribution is -0.143. The van der Waals surface area contributed by atoms with Crippen molar-refractivity contribution in [2.24, 2.45) is 0 Å². The first-order valence-electron chi connectivity index (χ1n) is 6.04. The van der Waals surface area contributed by atoms with E-state index in [2.05, 4.69) is 10.1 Å². The number of halogens is 1. The smallest absolute Gasteiger partial charge is 0.329 e. The molecular formula is C13H15ClN2O5. The Morgan fingerprint density at radius 2 is 1.86 bits per heavy atom. The number of carboxylic acids is 1. The molecule has 0 bridgehead atoms. The minimum atomic E-state index is -1.19. The van der Waals surface area contributed by atoms with E-state index in [4.69, 9.17) is 16.7 Å². The van der Waals surface area contributed by atoms with Crippen LogP contribution in [0.25, 0.3) is 0 Å². The van der Waals surface area contributed by atoms with Gasteiger partial charge in [0.15, 0.2) is 0 Å². The van der Waals surface area contributed by atoms with Gasteiger partial charge >= 0.3 is 12.0 Å². The zero-order valence-electron chi connectivity index (χ0n) is 11.3. The fourth-order valence-corrected chi connectivity index (χ4v) is 1.59. The van der Waals surface area contributed by atoms with Crippen molar-refractivity contribution in [1.29, 1.82) is 0 Å². The molecule has 0 radical (unpaired) electrons. The summed E-state index contributed by atoms with van der Waals surface area (Å²) in [7, 11) is 0. The van der Waals surface area contributed by atoms with E-state index in [1.807, 2.05) is 5.32 Å². The van der Waals surface area contributed by atoms with Gasteiger partial charge in [0, 0.05) is 5.02 Å². The van der Waals surface area contributed by atoms with Crippen molar-refractivity contribution in [2.45, 2.75) is 13.0 Å². The number of hydrogen-bond acceptors (Lipinski definition) is 4. The molecule has 21 heavy (non-hydrogen) atoms. The maximum atomic E-state index is 11.6. The second-order valence-corrected chi connectivity index (χ2v) is 4.62. The minimum Gasteiger partial charge on any atom is -0.480 e. The van der Waals surface area contributed by atoms with Gasteiger partial charge in [0.25, 0.3) is 5.91 Å². The van der Waals surface area contributed by atoms with Crippen molar-refractivity contribution < 1.29 is 24.2 Å². The molecule has 0 aliphatic heterocycles. The highest BCUT2D eigenvalue weighted by Crippen LogP contribution is 2.15. The molecule has 1 aromatic carbocycles. The lowest BCUT2D eigenvalue weighted by Crippen LogP contribution is -2.42. The van der Waals surface area contributed by atoms with E-state index in [1.54, 1.807) is 31.2 Å². The van der Waals surface area contributed by atoms with E-state index in [1.165, 1.54) is 0 Å². The van der Waals surface area contributed by atoms with Crippen molar-refractivity contribution in [3.63, 3.8) is 0 Å². The second-order valence-electron chi connectivity index (χ2n) is 4.18. The molecule has 0 saturated heterocycles. The van der Waals surface area contributed by atoms with Gasteiger partial charge in [0.05, 0.1) is 6.04 Å². The second kappa shape index (κ2) is 8.23. The van der Waals surface area contributed by atoms with E-state index in [0.29, 0.717) is 5.02 Å². The van der Waals surface area contributed by atoms with Crippen LogP contribution in [-0.4, -0.2) is 36.2 Å². The molecule has 0 aliphatic carbocycles. The summed E-state index contributed by atoms with van der Waals surface area (Å²) in [6, 6.07) is 5.88. The molecule has 0 fully saturated rings. The maximum absolute atomic E-state index is 11.6. The molecule has 8 heteroatoms. The maximum Gasteiger partial charge on any atom is 0.329 e. The number of imide groups is 1. The standard InChI is InChI=1S/C13H15ClN2O5/c1-8(9-2-4-10(14)5-3-9)15-13(20)16-11(17)6-21-7-12(18)19/h2-5,8H,6-7H2,1H3,(H,18,19)(H2,15,16,17,20). The molecule has 7 nitrogen and oxygen atoms in total. The Kier molecular flexibility index (Phi) is 6.64. The van der Waals surface area contributed by atoms with E-state index >= 15 is 0 Å². The van der Waals surface area contributed by atoms with Crippen LogP contribution in [0.5, 0.6) is 0 Å². The van der Waals surface area contributed by atoms with Crippen LogP contribution in [0, 0.1) is 0 Å². The Balaban J connectivity index is 2.37. The minimum absolute atomic E-state index is 0.324. The first-order valence-corrected chi connectivity index (χ1v) is 6.41. The molecule has 114 valence electrons. The van der Waals surface area contributed by atoms with Crippen molar-refractivity contribution in [2.75, 3.05) is 13.2 Å². The van der Waals surface area contributed by atoms with Crippen LogP contribution < -0.4 is 10.6 Å². The van der Waals surface area contributed by atoms with E-state index < -0.39 is 31.1 Å². The first-order chi connectivity index (χ1) is 9.88. The summed E-state index contributed by atoms with van der Waals surface area (Å²) < 4.78 is 4.55. The summed E-state index contributed by atoms with van der Waals surface area (Å²) in [5, 5.41) is 13.5. The number of carboxylic acid groups (broad SMARTS) is 1. The van der Waals surface area contributed by atoms with E-state index in [9.17, 15) is 14.4 Å². The van der Waals surface area contributed by atoms with Crippen LogP contribution in [0.3, 0.4) is 0 Å². The fourth-order valence-electron chi connectivity index (χ4n) is 1.46. The molecule has 3 amide bonds. The van der Waals surface area contributed by atoms with Gasteiger partial charge in [-0.25, -0.2) is 9.59 Å². The SMILES string of the molecule is CC(NC(=O)NC(=O)COCC(=O)O)c1ccc(Cl)cc1. The number of hydrogen-bond donors (Lipinski definition) is 3. The molecule has 0 spiro atoms. The molecule has 1 unspecified atom stereocenters. The average Bonchev–Trinajstić information content (AvgIpc) is 2.38. The molecular weight excluding hydrogens is 300 g/mol. The molecule has 3 N–H and O–H groups in total. The fraction of sp³-hybridized carbons (Fsp3) is 0.308. The highest BCUT2D eigenvalue weighted by Gasteiger charge is 2.12. The van der Waals surface area contributed by atoms with Gasteiger partial charge in [-0.2, -0.15) is 0 Å². The van der Waals surface area contributed by atoms with Crippen LogP contribution in [0.4, 0.5) is 4.79 Å². The Labute approximate surface area is 126 Å². The molecule has 0 saturated carbocycles. The van der Waals surface area contributed by atoms with Crippen LogP contribution >= 0.6 is 11.6 Å². The van der Waals surface area contributed by atoms with E-state index in [0.717, 1.165) is 5.56 Å². The number of urea groups is 1. The normalized spacial score (nSPS) is 11.5. The Morgan fingerprint density at radius 1 is 1.24 bits per heavy atom. The van der Waals surface area contributed by atoms with Gasteiger partial charge in [0.1, 0.15) is 13.2 Å². The van der Waals surface area contributed by atoms with Gasteiger partial charge in [0.2, 0.25) is 0 Å². The number of amides is 3. The Morgan fingerprint density at radius 3 is 2.43 bits per heavy atom. The zero-order chi connectivity index (χ0) is 15.8. The molecule has 1 atom stereocenters. The number of aliphatic carboxylic acids is 1. The van der Waals surface area contributed by atoms with E-state index in [-0.39, 0.29) is 6.04 Å². The molecule has 0 aromatic heterocycles. The predicted octanol–water partition coefficient (Wildman–Crippen LogP) is 1.33. The van der Waals surface area contributed by atoms with Gasteiger partial charge in [-0.05, 0) is 24.6 Å². The molecule has 1 rings (SSSR count). The van der Waals surface area contributed by atoms with Crippen molar-refractivity contribution in [1.82, 2.24) is 10.6 Å². The quantitative estimate of drug-likeness (QED) is 0.734. The van der Waals surface area contributed by atoms with Gasteiger partial charge < -0.3 is 15.2 Å². The van der Waals surface area contributed by atoms with Gasteiger partial charge in [-0.1, -0.05) is 23.7 Å². The number of ether oxygens (including phenoxy) is 1. The summed E-state index contributed by atoms with van der Waals surface area (Å²) >= 11 is 5.76. The van der Waals surface area contributed by atoms with Gasteiger partial charge in [-0.3, -0.25) is 10.1 Å². The number of carbonyl (C=O) groups excluding carboxylic acids is 2. The predicted molar refractivity (Wildman–Crippen MR) is 75.0 cm³/mol. The lowest BCUT2D eigenvalue weighted by Gasteiger charge is -2.14. The van der Waals surface area contributed by atoms with Crippen molar-refractivity contribution in [3.05, 3.63) is 34.9 Å². The number of carbonyl (C=O) groups is 3. The monoisotopic (exact) mass is 314 g/mol. The van der Waals surface area contributed by atoms with Crippen LogP contribution in [0.15, 0.2) is 24.3 Å². The highest BCUT2D eigenvalue weighted by molar-refractivity contribution is 6.30. The number of benzene rings is 1. The summed E-state index contributed by atoms with van der Waals surface area (Å²) in [5.74, 6) is -1.92. The summed E-state index contributed by atoms with van der Waals surface area (Å²) in [5.41, 5.74) is 0.823. The molecule has 0 heterocycles. The summed E-state index contributed by atoms with van der Waals surface area (Å²) in [6.45, 7) is 0.638. The third kappa shape index (κ3) is 6.73. The van der Waals surface area contributed by atoms with Crippen LogP contribution in [0.2, 0.25) is 5.02 Å². The molecule has 0 aliphatic rings. The lowest BCUT2D eigenvalue weighted by atomic mass is 10.1. The first kappa shape index (κ1) is 16.9. The average molecular weight is 315 g/mol. The summed E-state index contributed by atoms with van der Waals surface area (Å²) in [4.78, 5) is 33.0. The molecule has 1 aromatic rings. The largest absolute Gasteiger partial charge is 0.480 e. The Hall–Kier alpha value is -2.12. The van der Waals surface area contributed by atoms with Crippen LogP contribution in [-0.2, 0) is 14.3 Å². The Bertz CT molecular complexity index is 518. The number of rotatable bonds is 6. The van der Waals surface area contributed by atoms with Crippen molar-refractivity contribution in [3.8, 4) is 0 Å². The topological polar surface area (TPSA) is 105 Å². The van der Waals surface area contributed by atoms with Crippen LogP contribution in [0.1, 0.15) is 18.5 Å². The number of nitrogens with one attached hydrogen (secondary N) is 2. The van der Waals surface area contributed by atoms with Gasteiger partial charge in [-0.15, -0.1) is 0 Å². The third-order valence-corrected chi connectivity index (χ3v) is 2.68. The zero-order valence-corrected chi connectivity index (χ0v) is 12.0. The highest BCUT2D eigenvalue weighted by atomic mass is 35.5. The summed E-state index contributed by atoms with van der Waals surface area (Å²) in [6.07, 6.45) is 0.